The summed E-state index contributed by atoms with van der Waals surface area (Å²) < 4.78 is 0. The summed E-state index contributed by atoms with van der Waals surface area (Å²) in [6.45, 7) is 1.08. The van der Waals surface area contributed by atoms with Crippen molar-refractivity contribution in [3.63, 3.8) is 0 Å². The zero-order valence-electron chi connectivity index (χ0n) is 11.3. The molecular weight excluding hydrogens is 236 g/mol. The van der Waals surface area contributed by atoms with Crippen LogP contribution in [0.2, 0.25) is 0 Å². The fourth-order valence-electron chi connectivity index (χ4n) is 2.46. The quantitative estimate of drug-likeness (QED) is 0.798. The van der Waals surface area contributed by atoms with Crippen molar-refractivity contribution < 1.29 is 4.79 Å². The number of rotatable bonds is 5. The zero-order valence-corrected chi connectivity index (χ0v) is 11.3. The number of carbonyl (C=O) groups is 1. The third-order valence-corrected chi connectivity index (χ3v) is 3.59. The van der Waals surface area contributed by atoms with Crippen LogP contribution in [-0.4, -0.2) is 5.91 Å². The van der Waals surface area contributed by atoms with Crippen LogP contribution in [-0.2, 0) is 17.9 Å². The first-order valence-corrected chi connectivity index (χ1v) is 7.01. The predicted molar refractivity (Wildman–Crippen MR) is 77.3 cm³/mol. The number of carbonyl (C=O) groups excluding carboxylic acids is 1. The number of benzene rings is 1. The molecule has 0 atom stereocenters. The van der Waals surface area contributed by atoms with E-state index in [2.05, 4.69) is 11.4 Å². The molecule has 2 rings (SSSR count). The lowest BCUT2D eigenvalue weighted by molar-refractivity contribution is -0.120. The predicted octanol–water partition coefficient (Wildman–Crippen LogP) is 2.65. The molecule has 19 heavy (non-hydrogen) atoms. The van der Waals surface area contributed by atoms with Crippen molar-refractivity contribution in [1.29, 1.82) is 0 Å². The Hall–Kier alpha value is -1.61. The van der Waals surface area contributed by atoms with Gasteiger partial charge in [-0.05, 0) is 36.8 Å². The first kappa shape index (κ1) is 13.8. The van der Waals surface area contributed by atoms with Crippen LogP contribution in [0.25, 0.3) is 0 Å². The van der Waals surface area contributed by atoms with Crippen molar-refractivity contribution in [1.82, 2.24) is 5.32 Å². The lowest BCUT2D eigenvalue weighted by atomic mass is 9.97. The minimum absolute atomic E-state index is 0.111. The lowest BCUT2D eigenvalue weighted by Crippen LogP contribution is -2.24. The number of allylic oxidation sites excluding steroid dienone is 1. The van der Waals surface area contributed by atoms with E-state index in [-0.39, 0.29) is 5.91 Å². The summed E-state index contributed by atoms with van der Waals surface area (Å²) in [5.74, 6) is 0.111. The highest BCUT2D eigenvalue weighted by Gasteiger charge is 2.09. The Kier molecular flexibility index (Phi) is 5.16. The van der Waals surface area contributed by atoms with Gasteiger partial charge in [0.2, 0.25) is 5.91 Å². The Labute approximate surface area is 114 Å². The highest BCUT2D eigenvalue weighted by molar-refractivity contribution is 5.78. The van der Waals surface area contributed by atoms with Gasteiger partial charge in [-0.1, -0.05) is 35.9 Å². The molecule has 0 saturated carbocycles. The van der Waals surface area contributed by atoms with Crippen LogP contribution in [0.3, 0.4) is 0 Å². The minimum atomic E-state index is 0.111. The maximum atomic E-state index is 11.9. The van der Waals surface area contributed by atoms with E-state index in [9.17, 15) is 4.79 Å². The Morgan fingerprint density at radius 3 is 2.68 bits per heavy atom. The molecule has 0 bridgehead atoms. The van der Waals surface area contributed by atoms with Crippen LogP contribution in [0, 0.1) is 0 Å². The van der Waals surface area contributed by atoms with Crippen LogP contribution in [0.4, 0.5) is 0 Å². The van der Waals surface area contributed by atoms with Gasteiger partial charge in [-0.25, -0.2) is 0 Å². The standard InChI is InChI=1S/C16H22N2O/c17-11-14-8-4-5-9-15(14)12-18-16(19)10-13-6-2-1-3-7-13/h4-6,8-9H,1-3,7,10-12,17H2,(H,18,19). The highest BCUT2D eigenvalue weighted by Crippen LogP contribution is 2.19. The molecule has 102 valence electrons. The summed E-state index contributed by atoms with van der Waals surface area (Å²) in [5, 5.41) is 2.99. The molecule has 0 unspecified atom stereocenters. The van der Waals surface area contributed by atoms with Crippen LogP contribution in [0.5, 0.6) is 0 Å². The van der Waals surface area contributed by atoms with Crippen LogP contribution in [0.1, 0.15) is 43.2 Å². The fourth-order valence-corrected chi connectivity index (χ4v) is 2.46. The molecular formula is C16H22N2O. The second-order valence-corrected chi connectivity index (χ2v) is 5.03. The molecule has 3 nitrogen and oxygen atoms in total. The van der Waals surface area contributed by atoms with E-state index in [4.69, 9.17) is 5.73 Å². The van der Waals surface area contributed by atoms with Crippen molar-refractivity contribution in [2.24, 2.45) is 5.73 Å². The van der Waals surface area contributed by atoms with E-state index >= 15 is 0 Å². The Bertz CT molecular complexity index is 466. The highest BCUT2D eigenvalue weighted by atomic mass is 16.1. The number of hydrogen-bond donors (Lipinski definition) is 2. The Morgan fingerprint density at radius 2 is 2.00 bits per heavy atom. The van der Waals surface area contributed by atoms with Gasteiger partial charge in [-0.15, -0.1) is 0 Å². The summed E-state index contributed by atoms with van der Waals surface area (Å²) in [7, 11) is 0. The summed E-state index contributed by atoms with van der Waals surface area (Å²) >= 11 is 0. The third kappa shape index (κ3) is 4.21. The van der Waals surface area contributed by atoms with E-state index in [1.807, 2.05) is 24.3 Å². The van der Waals surface area contributed by atoms with Crippen molar-refractivity contribution >= 4 is 5.91 Å². The van der Waals surface area contributed by atoms with Crippen molar-refractivity contribution in [2.75, 3.05) is 0 Å². The van der Waals surface area contributed by atoms with E-state index in [1.165, 1.54) is 18.4 Å². The van der Waals surface area contributed by atoms with Crippen LogP contribution in [0.15, 0.2) is 35.9 Å². The SMILES string of the molecule is NCc1ccccc1CNC(=O)CC1=CCCCC1. The van der Waals surface area contributed by atoms with Gasteiger partial charge in [-0.3, -0.25) is 4.79 Å². The smallest absolute Gasteiger partial charge is 0.224 e. The summed E-state index contributed by atoms with van der Waals surface area (Å²) in [6, 6.07) is 7.97. The van der Waals surface area contributed by atoms with Crippen LogP contribution < -0.4 is 11.1 Å². The Balaban J connectivity index is 1.84. The number of hydrogen-bond acceptors (Lipinski definition) is 2. The molecule has 0 radical (unpaired) electrons. The Morgan fingerprint density at radius 1 is 1.21 bits per heavy atom. The molecule has 0 aromatic heterocycles. The normalized spacial score (nSPS) is 14.9. The average Bonchev–Trinajstić information content (AvgIpc) is 2.46. The number of nitrogens with two attached hydrogens (primary N) is 1. The second-order valence-electron chi connectivity index (χ2n) is 5.03. The maximum Gasteiger partial charge on any atom is 0.224 e. The molecule has 0 fully saturated rings. The molecule has 0 saturated heterocycles. The molecule has 0 heterocycles. The first-order chi connectivity index (χ1) is 9.29. The van der Waals surface area contributed by atoms with Crippen molar-refractivity contribution in [3.8, 4) is 0 Å². The number of nitrogens with one attached hydrogen (secondary N) is 1. The zero-order chi connectivity index (χ0) is 13.5. The van der Waals surface area contributed by atoms with E-state index in [1.54, 1.807) is 0 Å². The van der Waals surface area contributed by atoms with E-state index in [0.29, 0.717) is 19.5 Å². The summed E-state index contributed by atoms with van der Waals surface area (Å²) in [6.07, 6.45) is 7.44. The molecule has 1 aromatic carbocycles. The van der Waals surface area contributed by atoms with Gasteiger partial charge >= 0.3 is 0 Å². The van der Waals surface area contributed by atoms with Gasteiger partial charge in [-0.2, -0.15) is 0 Å². The van der Waals surface area contributed by atoms with Gasteiger partial charge in [0.1, 0.15) is 0 Å². The molecule has 1 amide bonds. The van der Waals surface area contributed by atoms with Gasteiger partial charge in [0.15, 0.2) is 0 Å². The van der Waals surface area contributed by atoms with E-state index in [0.717, 1.165) is 24.0 Å². The van der Waals surface area contributed by atoms with E-state index < -0.39 is 0 Å². The minimum Gasteiger partial charge on any atom is -0.352 e. The number of amides is 1. The topological polar surface area (TPSA) is 55.1 Å². The third-order valence-electron chi connectivity index (χ3n) is 3.59. The van der Waals surface area contributed by atoms with Crippen molar-refractivity contribution in [3.05, 3.63) is 47.0 Å². The fraction of sp³-hybridized carbons (Fsp3) is 0.438. The average molecular weight is 258 g/mol. The van der Waals surface area contributed by atoms with Gasteiger partial charge < -0.3 is 11.1 Å². The van der Waals surface area contributed by atoms with Gasteiger partial charge in [0.25, 0.3) is 0 Å². The molecule has 1 aliphatic rings. The summed E-state index contributed by atoms with van der Waals surface area (Å²) in [4.78, 5) is 11.9. The molecule has 1 aliphatic carbocycles. The molecule has 0 aliphatic heterocycles. The van der Waals surface area contributed by atoms with Gasteiger partial charge in [0.05, 0.1) is 0 Å². The first-order valence-electron chi connectivity index (χ1n) is 7.01. The molecule has 1 aromatic rings. The van der Waals surface area contributed by atoms with Crippen LogP contribution >= 0.6 is 0 Å². The lowest BCUT2D eigenvalue weighted by Gasteiger charge is -2.13. The molecule has 3 heteroatoms. The van der Waals surface area contributed by atoms with Crippen molar-refractivity contribution in [2.45, 2.75) is 45.2 Å². The second kappa shape index (κ2) is 7.10. The molecule has 0 spiro atoms. The monoisotopic (exact) mass is 258 g/mol. The van der Waals surface area contributed by atoms with Gasteiger partial charge in [0, 0.05) is 19.5 Å². The maximum absolute atomic E-state index is 11.9. The summed E-state index contributed by atoms with van der Waals surface area (Å²) in [5.41, 5.74) is 9.18. The molecule has 3 N–H and O–H groups in total. The largest absolute Gasteiger partial charge is 0.352 e.